The molecule has 1 saturated heterocycles. The summed E-state index contributed by atoms with van der Waals surface area (Å²) in [6, 6.07) is 6.91. The second-order valence-corrected chi connectivity index (χ2v) is 4.27. The van der Waals surface area contributed by atoms with Gasteiger partial charge in [-0.25, -0.2) is 0 Å². The molecule has 0 saturated carbocycles. The molecule has 2 N–H and O–H groups in total. The number of hydrogen-bond acceptors (Lipinski definition) is 3. The quantitative estimate of drug-likeness (QED) is 0.728. The van der Waals surface area contributed by atoms with Gasteiger partial charge in [-0.1, -0.05) is 12.1 Å². The summed E-state index contributed by atoms with van der Waals surface area (Å²) in [4.78, 5) is 0. The Kier molecular flexibility index (Phi) is 2.06. The van der Waals surface area contributed by atoms with E-state index in [2.05, 4.69) is 22.8 Å². The predicted molar refractivity (Wildman–Crippen MR) is 60.6 cm³/mol. The number of nitrogens with one attached hydrogen (secondary N) is 2. The zero-order valence-electron chi connectivity index (χ0n) is 8.92. The second kappa shape index (κ2) is 3.42. The molecular formula is C12H16N2O. The number of hydrogen-bond donors (Lipinski definition) is 2. The van der Waals surface area contributed by atoms with Crippen LogP contribution in [0.3, 0.4) is 0 Å². The van der Waals surface area contributed by atoms with Crippen molar-refractivity contribution < 1.29 is 4.74 Å². The molecule has 2 heterocycles. The van der Waals surface area contributed by atoms with Gasteiger partial charge in [-0.05, 0) is 24.6 Å². The summed E-state index contributed by atoms with van der Waals surface area (Å²) in [5.74, 6) is 1.59. The van der Waals surface area contributed by atoms with Crippen LogP contribution in [0.2, 0.25) is 0 Å². The van der Waals surface area contributed by atoms with Gasteiger partial charge in [0.25, 0.3) is 0 Å². The average molecular weight is 204 g/mol. The van der Waals surface area contributed by atoms with Crippen molar-refractivity contribution in [3.8, 4) is 5.75 Å². The van der Waals surface area contributed by atoms with Gasteiger partial charge >= 0.3 is 0 Å². The van der Waals surface area contributed by atoms with Crippen molar-refractivity contribution in [2.24, 2.45) is 0 Å². The summed E-state index contributed by atoms with van der Waals surface area (Å²) in [5, 5.41) is 7.04. The molecule has 0 aromatic heterocycles. The molecule has 0 amide bonds. The van der Waals surface area contributed by atoms with Crippen molar-refractivity contribution in [1.29, 1.82) is 0 Å². The minimum absolute atomic E-state index is 0.595. The van der Waals surface area contributed by atoms with Crippen molar-refractivity contribution in [2.75, 3.05) is 25.5 Å². The molecule has 1 aromatic rings. The van der Waals surface area contributed by atoms with Crippen LogP contribution in [0.25, 0.3) is 0 Å². The van der Waals surface area contributed by atoms with Crippen LogP contribution in [0.5, 0.6) is 5.75 Å². The molecule has 2 aliphatic heterocycles. The maximum atomic E-state index is 5.38. The number of anilines is 1. The molecule has 2 aliphatic rings. The molecule has 3 heteroatoms. The lowest BCUT2D eigenvalue weighted by molar-refractivity contribution is 0.416. The van der Waals surface area contributed by atoms with Gasteiger partial charge in [0.2, 0.25) is 0 Å². The van der Waals surface area contributed by atoms with Gasteiger partial charge < -0.3 is 15.4 Å². The maximum absolute atomic E-state index is 5.38. The second-order valence-electron chi connectivity index (χ2n) is 4.27. The largest absolute Gasteiger partial charge is 0.495 e. The van der Waals surface area contributed by atoms with Crippen LogP contribution in [0.15, 0.2) is 18.2 Å². The molecule has 3 nitrogen and oxygen atoms in total. The summed E-state index contributed by atoms with van der Waals surface area (Å²) >= 11 is 0. The van der Waals surface area contributed by atoms with Crippen LogP contribution in [0.1, 0.15) is 17.9 Å². The van der Waals surface area contributed by atoms with E-state index in [1.165, 1.54) is 17.7 Å². The molecule has 1 fully saturated rings. The Balaban J connectivity index is 2.03. The Hall–Kier alpha value is -1.22. The zero-order chi connectivity index (χ0) is 10.3. The zero-order valence-corrected chi connectivity index (χ0v) is 8.92. The highest BCUT2D eigenvalue weighted by Gasteiger charge is 2.35. The van der Waals surface area contributed by atoms with Gasteiger partial charge in [0, 0.05) is 18.5 Å². The molecule has 0 spiro atoms. The van der Waals surface area contributed by atoms with E-state index in [-0.39, 0.29) is 0 Å². The van der Waals surface area contributed by atoms with Gasteiger partial charge in [0.1, 0.15) is 5.75 Å². The lowest BCUT2D eigenvalue weighted by atomic mass is 9.90. The van der Waals surface area contributed by atoms with E-state index in [0.717, 1.165) is 18.8 Å². The minimum Gasteiger partial charge on any atom is -0.495 e. The number of para-hydroxylation sites is 1. The third-order valence-corrected chi connectivity index (χ3v) is 3.49. The molecule has 2 unspecified atom stereocenters. The van der Waals surface area contributed by atoms with Gasteiger partial charge in [0.05, 0.1) is 12.8 Å². The number of methoxy groups -OCH3 is 1. The van der Waals surface area contributed by atoms with Gasteiger partial charge in [0.15, 0.2) is 0 Å². The SMILES string of the molecule is COc1cccc2c1NC1CCNCC21. The van der Waals surface area contributed by atoms with E-state index in [4.69, 9.17) is 4.74 Å². The molecular weight excluding hydrogens is 188 g/mol. The van der Waals surface area contributed by atoms with Crippen molar-refractivity contribution >= 4 is 5.69 Å². The molecule has 15 heavy (non-hydrogen) atoms. The Morgan fingerprint density at radius 1 is 1.40 bits per heavy atom. The number of piperidine rings is 1. The molecule has 1 aromatic carbocycles. The molecule has 0 bridgehead atoms. The van der Waals surface area contributed by atoms with Gasteiger partial charge in [-0.3, -0.25) is 0 Å². The first-order chi connectivity index (χ1) is 7.40. The van der Waals surface area contributed by atoms with E-state index in [0.29, 0.717) is 12.0 Å². The van der Waals surface area contributed by atoms with Crippen molar-refractivity contribution in [1.82, 2.24) is 5.32 Å². The number of rotatable bonds is 1. The molecule has 2 atom stereocenters. The molecule has 3 rings (SSSR count). The van der Waals surface area contributed by atoms with Crippen LogP contribution in [0.4, 0.5) is 5.69 Å². The Bertz CT molecular complexity index is 378. The smallest absolute Gasteiger partial charge is 0.142 e. The van der Waals surface area contributed by atoms with Crippen molar-refractivity contribution in [3.63, 3.8) is 0 Å². The van der Waals surface area contributed by atoms with Crippen LogP contribution < -0.4 is 15.4 Å². The highest BCUT2D eigenvalue weighted by atomic mass is 16.5. The summed E-state index contributed by atoms with van der Waals surface area (Å²) in [5.41, 5.74) is 2.62. The summed E-state index contributed by atoms with van der Waals surface area (Å²) in [6.45, 7) is 2.20. The lowest BCUT2D eigenvalue weighted by Gasteiger charge is -2.26. The van der Waals surface area contributed by atoms with Gasteiger partial charge in [-0.15, -0.1) is 0 Å². The molecule has 80 valence electrons. The van der Waals surface area contributed by atoms with Crippen LogP contribution in [0, 0.1) is 0 Å². The summed E-state index contributed by atoms with van der Waals surface area (Å²) < 4.78 is 5.38. The predicted octanol–water partition coefficient (Wildman–Crippen LogP) is 1.57. The first-order valence-corrected chi connectivity index (χ1v) is 5.54. The fraction of sp³-hybridized carbons (Fsp3) is 0.500. The van der Waals surface area contributed by atoms with Crippen molar-refractivity contribution in [2.45, 2.75) is 18.4 Å². The fourth-order valence-electron chi connectivity index (χ4n) is 2.73. The first kappa shape index (κ1) is 9.04. The third-order valence-electron chi connectivity index (χ3n) is 3.49. The number of benzene rings is 1. The highest BCUT2D eigenvalue weighted by molar-refractivity contribution is 5.68. The van der Waals surface area contributed by atoms with E-state index in [1.807, 2.05) is 6.07 Å². The average Bonchev–Trinajstić information content (AvgIpc) is 2.67. The Morgan fingerprint density at radius 3 is 3.20 bits per heavy atom. The molecule has 0 aliphatic carbocycles. The number of ether oxygens (including phenoxy) is 1. The van der Waals surface area contributed by atoms with Crippen LogP contribution in [-0.4, -0.2) is 26.2 Å². The normalized spacial score (nSPS) is 27.8. The van der Waals surface area contributed by atoms with E-state index in [1.54, 1.807) is 7.11 Å². The topological polar surface area (TPSA) is 33.3 Å². The lowest BCUT2D eigenvalue weighted by Crippen LogP contribution is -2.38. The standard InChI is InChI=1S/C12H16N2O/c1-15-11-4-2-3-8-9-7-13-6-5-10(9)14-12(8)11/h2-4,9-10,13-14H,5-7H2,1H3. The first-order valence-electron chi connectivity index (χ1n) is 5.54. The van der Waals surface area contributed by atoms with Gasteiger partial charge in [-0.2, -0.15) is 0 Å². The van der Waals surface area contributed by atoms with Crippen LogP contribution >= 0.6 is 0 Å². The van der Waals surface area contributed by atoms with E-state index >= 15 is 0 Å². The third kappa shape index (κ3) is 1.30. The monoisotopic (exact) mass is 204 g/mol. The summed E-state index contributed by atoms with van der Waals surface area (Å²) in [6.07, 6.45) is 1.20. The maximum Gasteiger partial charge on any atom is 0.142 e. The van der Waals surface area contributed by atoms with Crippen LogP contribution in [-0.2, 0) is 0 Å². The Labute approximate surface area is 89.8 Å². The Morgan fingerprint density at radius 2 is 2.33 bits per heavy atom. The van der Waals surface area contributed by atoms with E-state index in [9.17, 15) is 0 Å². The number of fused-ring (bicyclic) bond motifs is 3. The highest BCUT2D eigenvalue weighted by Crippen LogP contribution is 2.43. The molecule has 0 radical (unpaired) electrons. The minimum atomic E-state index is 0.595. The van der Waals surface area contributed by atoms with E-state index < -0.39 is 0 Å². The van der Waals surface area contributed by atoms with Crippen molar-refractivity contribution in [3.05, 3.63) is 23.8 Å². The fourth-order valence-corrected chi connectivity index (χ4v) is 2.73. The summed E-state index contributed by atoms with van der Waals surface area (Å²) in [7, 11) is 1.73.